The van der Waals surface area contributed by atoms with E-state index in [0.717, 1.165) is 13.1 Å². The van der Waals surface area contributed by atoms with E-state index in [0.29, 0.717) is 44.2 Å². The van der Waals surface area contributed by atoms with Crippen molar-refractivity contribution in [3.63, 3.8) is 0 Å². The second-order valence-electron chi connectivity index (χ2n) is 5.27. The number of morpholine rings is 1. The smallest absolute Gasteiger partial charge is 0.251 e. The molecule has 0 aliphatic carbocycles. The fourth-order valence-corrected chi connectivity index (χ4v) is 2.27. The summed E-state index contributed by atoms with van der Waals surface area (Å²) in [5.41, 5.74) is 1.12. The quantitative estimate of drug-likeness (QED) is 0.708. The lowest BCUT2D eigenvalue weighted by Crippen LogP contribution is -2.41. The van der Waals surface area contributed by atoms with E-state index in [4.69, 9.17) is 9.47 Å². The molecule has 1 aromatic carbocycles. The standard InChI is InChI=1S/C16H23N3O4/c1-22-8-5-17-16(21)13-3-2-4-14(11-13)18-15(20)12-19-6-9-23-10-7-19/h2-4,11H,5-10,12H2,1H3,(H,17,21)(H,18,20). The van der Waals surface area contributed by atoms with Crippen LogP contribution in [0.4, 0.5) is 5.69 Å². The zero-order chi connectivity index (χ0) is 16.5. The molecule has 0 radical (unpaired) electrons. The maximum atomic E-state index is 12.1. The minimum absolute atomic E-state index is 0.0937. The van der Waals surface area contributed by atoms with Gasteiger partial charge < -0.3 is 20.1 Å². The van der Waals surface area contributed by atoms with Gasteiger partial charge in [0.05, 0.1) is 26.4 Å². The van der Waals surface area contributed by atoms with Crippen molar-refractivity contribution in [2.24, 2.45) is 0 Å². The predicted molar refractivity (Wildman–Crippen MR) is 86.5 cm³/mol. The third kappa shape index (κ3) is 5.97. The molecule has 2 amide bonds. The van der Waals surface area contributed by atoms with Gasteiger partial charge in [0.25, 0.3) is 5.91 Å². The summed E-state index contributed by atoms with van der Waals surface area (Å²) in [5.74, 6) is -0.282. The van der Waals surface area contributed by atoms with Crippen molar-refractivity contribution >= 4 is 17.5 Å². The van der Waals surface area contributed by atoms with Gasteiger partial charge in [0.1, 0.15) is 0 Å². The molecule has 0 spiro atoms. The van der Waals surface area contributed by atoms with E-state index >= 15 is 0 Å². The summed E-state index contributed by atoms with van der Waals surface area (Å²) >= 11 is 0. The first kappa shape index (κ1) is 17.4. The van der Waals surface area contributed by atoms with Crippen LogP contribution in [0.15, 0.2) is 24.3 Å². The number of benzene rings is 1. The number of hydrogen-bond donors (Lipinski definition) is 2. The molecule has 2 rings (SSSR count). The summed E-state index contributed by atoms with van der Waals surface area (Å²) in [6, 6.07) is 6.89. The van der Waals surface area contributed by atoms with Crippen molar-refractivity contribution in [2.75, 3.05) is 58.4 Å². The lowest BCUT2D eigenvalue weighted by Gasteiger charge is -2.25. The summed E-state index contributed by atoms with van der Waals surface area (Å²) in [5, 5.41) is 5.57. The van der Waals surface area contributed by atoms with Crippen LogP contribution in [0, 0.1) is 0 Å². The average Bonchev–Trinajstić information content (AvgIpc) is 2.56. The molecule has 0 atom stereocenters. The minimum Gasteiger partial charge on any atom is -0.383 e. The highest BCUT2D eigenvalue weighted by Gasteiger charge is 2.14. The first-order valence-corrected chi connectivity index (χ1v) is 7.66. The third-order valence-corrected chi connectivity index (χ3v) is 3.47. The Morgan fingerprint density at radius 3 is 2.83 bits per heavy atom. The Kier molecular flexibility index (Phi) is 6.99. The zero-order valence-corrected chi connectivity index (χ0v) is 13.3. The maximum Gasteiger partial charge on any atom is 0.251 e. The number of hydrogen-bond acceptors (Lipinski definition) is 5. The summed E-state index contributed by atoms with van der Waals surface area (Å²) in [7, 11) is 1.58. The molecule has 1 aliphatic heterocycles. The van der Waals surface area contributed by atoms with E-state index < -0.39 is 0 Å². The predicted octanol–water partition coefficient (Wildman–Crippen LogP) is 0.334. The lowest BCUT2D eigenvalue weighted by atomic mass is 10.2. The zero-order valence-electron chi connectivity index (χ0n) is 13.3. The summed E-state index contributed by atoms with van der Waals surface area (Å²) in [6.45, 7) is 4.07. The molecule has 0 aromatic heterocycles. The molecule has 7 nitrogen and oxygen atoms in total. The van der Waals surface area contributed by atoms with Gasteiger partial charge in [-0.05, 0) is 18.2 Å². The van der Waals surface area contributed by atoms with E-state index in [1.807, 2.05) is 4.90 Å². The number of nitrogens with one attached hydrogen (secondary N) is 2. The molecular formula is C16H23N3O4. The molecule has 1 heterocycles. The summed E-state index contributed by atoms with van der Waals surface area (Å²) in [6.07, 6.45) is 0. The first-order chi connectivity index (χ1) is 11.2. The van der Waals surface area contributed by atoms with Crippen LogP contribution in [0.3, 0.4) is 0 Å². The van der Waals surface area contributed by atoms with Crippen molar-refractivity contribution in [3.8, 4) is 0 Å². The number of carbonyl (C=O) groups is 2. The molecule has 126 valence electrons. The number of nitrogens with zero attached hydrogens (tertiary/aromatic N) is 1. The first-order valence-electron chi connectivity index (χ1n) is 7.66. The van der Waals surface area contributed by atoms with Crippen LogP contribution in [0.2, 0.25) is 0 Å². The van der Waals surface area contributed by atoms with Gasteiger partial charge >= 0.3 is 0 Å². The van der Waals surface area contributed by atoms with Gasteiger partial charge in [0.2, 0.25) is 5.91 Å². The van der Waals surface area contributed by atoms with Crippen molar-refractivity contribution < 1.29 is 19.1 Å². The second kappa shape index (κ2) is 9.24. The monoisotopic (exact) mass is 321 g/mol. The highest BCUT2D eigenvalue weighted by atomic mass is 16.5. The van der Waals surface area contributed by atoms with Gasteiger partial charge in [-0.25, -0.2) is 0 Å². The highest BCUT2D eigenvalue weighted by Crippen LogP contribution is 2.11. The van der Waals surface area contributed by atoms with Gasteiger partial charge in [-0.3, -0.25) is 14.5 Å². The molecule has 1 aliphatic rings. The number of carbonyl (C=O) groups excluding carboxylic acids is 2. The Bertz CT molecular complexity index is 530. The average molecular weight is 321 g/mol. The number of methoxy groups -OCH3 is 1. The molecular weight excluding hydrogens is 298 g/mol. The summed E-state index contributed by atoms with van der Waals surface area (Å²) in [4.78, 5) is 26.1. The lowest BCUT2D eigenvalue weighted by molar-refractivity contribution is -0.118. The van der Waals surface area contributed by atoms with Crippen LogP contribution >= 0.6 is 0 Å². The SMILES string of the molecule is COCCNC(=O)c1cccc(NC(=O)CN2CCOCC2)c1. The van der Waals surface area contributed by atoms with Crippen molar-refractivity contribution in [1.29, 1.82) is 0 Å². The van der Waals surface area contributed by atoms with E-state index in [-0.39, 0.29) is 11.8 Å². The van der Waals surface area contributed by atoms with E-state index in [1.165, 1.54) is 0 Å². The molecule has 1 aromatic rings. The molecule has 1 saturated heterocycles. The number of anilines is 1. The minimum atomic E-state index is -0.189. The number of ether oxygens (including phenoxy) is 2. The number of rotatable bonds is 7. The Morgan fingerprint density at radius 1 is 1.30 bits per heavy atom. The largest absolute Gasteiger partial charge is 0.383 e. The molecule has 0 bridgehead atoms. The van der Waals surface area contributed by atoms with Gasteiger partial charge in [0, 0.05) is 38.0 Å². The van der Waals surface area contributed by atoms with Gasteiger partial charge in [0.15, 0.2) is 0 Å². The Balaban J connectivity index is 1.86. The van der Waals surface area contributed by atoms with Crippen LogP contribution in [-0.2, 0) is 14.3 Å². The van der Waals surface area contributed by atoms with Crippen molar-refractivity contribution in [1.82, 2.24) is 10.2 Å². The molecule has 0 saturated carbocycles. The fourth-order valence-electron chi connectivity index (χ4n) is 2.27. The van der Waals surface area contributed by atoms with Gasteiger partial charge in [-0.15, -0.1) is 0 Å². The Hall–Kier alpha value is -1.96. The normalized spacial score (nSPS) is 15.2. The molecule has 23 heavy (non-hydrogen) atoms. The summed E-state index contributed by atoms with van der Waals surface area (Å²) < 4.78 is 10.1. The fraction of sp³-hybridized carbons (Fsp3) is 0.500. The van der Waals surface area contributed by atoms with Gasteiger partial charge in [-0.1, -0.05) is 6.07 Å². The number of amides is 2. The molecule has 1 fully saturated rings. The third-order valence-electron chi connectivity index (χ3n) is 3.47. The van der Waals surface area contributed by atoms with Crippen LogP contribution in [0.1, 0.15) is 10.4 Å². The van der Waals surface area contributed by atoms with E-state index in [9.17, 15) is 9.59 Å². The topological polar surface area (TPSA) is 79.9 Å². The van der Waals surface area contributed by atoms with Crippen LogP contribution in [-0.4, -0.2) is 69.8 Å². The highest BCUT2D eigenvalue weighted by molar-refractivity contribution is 5.97. The second-order valence-corrected chi connectivity index (χ2v) is 5.27. The van der Waals surface area contributed by atoms with Crippen LogP contribution in [0.25, 0.3) is 0 Å². The van der Waals surface area contributed by atoms with Crippen molar-refractivity contribution in [3.05, 3.63) is 29.8 Å². The van der Waals surface area contributed by atoms with E-state index in [1.54, 1.807) is 31.4 Å². The van der Waals surface area contributed by atoms with Crippen molar-refractivity contribution in [2.45, 2.75) is 0 Å². The Morgan fingerprint density at radius 2 is 2.09 bits per heavy atom. The molecule has 7 heteroatoms. The van der Waals surface area contributed by atoms with Crippen LogP contribution in [0.5, 0.6) is 0 Å². The molecule has 0 unspecified atom stereocenters. The molecule has 2 N–H and O–H groups in total. The van der Waals surface area contributed by atoms with E-state index in [2.05, 4.69) is 10.6 Å². The Labute approximate surface area is 135 Å². The van der Waals surface area contributed by atoms with Crippen LogP contribution < -0.4 is 10.6 Å². The van der Waals surface area contributed by atoms with Gasteiger partial charge in [-0.2, -0.15) is 0 Å². The maximum absolute atomic E-state index is 12.1.